The summed E-state index contributed by atoms with van der Waals surface area (Å²) in [5.74, 6) is 0.0205. The molecular formula is C19H25N3O2. The SMILES string of the molecule is C[C@H](Cc1ccccc1)C(=O)N[C@H]1CCCO[C@@H]1c1cnn(C)c1. The van der Waals surface area contributed by atoms with Gasteiger partial charge in [-0.1, -0.05) is 37.3 Å². The highest BCUT2D eigenvalue weighted by molar-refractivity contribution is 5.79. The summed E-state index contributed by atoms with van der Waals surface area (Å²) in [6.45, 7) is 2.70. The van der Waals surface area contributed by atoms with Gasteiger partial charge < -0.3 is 10.1 Å². The van der Waals surface area contributed by atoms with Crippen LogP contribution in [0.15, 0.2) is 42.7 Å². The largest absolute Gasteiger partial charge is 0.371 e. The molecule has 2 aromatic rings. The van der Waals surface area contributed by atoms with Crippen molar-refractivity contribution in [2.75, 3.05) is 6.61 Å². The number of aromatic nitrogens is 2. The Balaban J connectivity index is 1.63. The topological polar surface area (TPSA) is 56.1 Å². The molecule has 3 rings (SSSR count). The van der Waals surface area contributed by atoms with E-state index in [0.717, 1.165) is 31.4 Å². The third-order valence-electron chi connectivity index (χ3n) is 4.54. The third-order valence-corrected chi connectivity index (χ3v) is 4.54. The van der Waals surface area contributed by atoms with Gasteiger partial charge in [-0.05, 0) is 24.8 Å². The molecular weight excluding hydrogens is 302 g/mol. The van der Waals surface area contributed by atoms with Crippen LogP contribution in [-0.2, 0) is 23.0 Å². The highest BCUT2D eigenvalue weighted by atomic mass is 16.5. The van der Waals surface area contributed by atoms with E-state index < -0.39 is 0 Å². The van der Waals surface area contributed by atoms with Gasteiger partial charge in [0.05, 0.1) is 12.2 Å². The Kier molecular flexibility index (Phi) is 5.30. The van der Waals surface area contributed by atoms with Crippen molar-refractivity contribution in [2.45, 2.75) is 38.3 Å². The number of carbonyl (C=O) groups is 1. The van der Waals surface area contributed by atoms with E-state index in [1.807, 2.05) is 44.6 Å². The minimum Gasteiger partial charge on any atom is -0.371 e. The molecule has 0 radical (unpaired) electrons. The van der Waals surface area contributed by atoms with E-state index in [4.69, 9.17) is 4.74 Å². The Bertz CT molecular complexity index is 668. The fourth-order valence-corrected chi connectivity index (χ4v) is 3.23. The van der Waals surface area contributed by atoms with Crippen LogP contribution in [0.3, 0.4) is 0 Å². The summed E-state index contributed by atoms with van der Waals surface area (Å²) in [7, 11) is 1.89. The molecule has 1 aromatic heterocycles. The number of benzene rings is 1. The van der Waals surface area contributed by atoms with Crippen LogP contribution < -0.4 is 5.32 Å². The summed E-state index contributed by atoms with van der Waals surface area (Å²) in [6.07, 6.45) is 6.32. The van der Waals surface area contributed by atoms with Gasteiger partial charge in [0, 0.05) is 31.3 Å². The lowest BCUT2D eigenvalue weighted by molar-refractivity contribution is -0.127. The average Bonchev–Trinajstić information content (AvgIpc) is 3.02. The number of carbonyl (C=O) groups excluding carboxylic acids is 1. The van der Waals surface area contributed by atoms with E-state index >= 15 is 0 Å². The Morgan fingerprint density at radius 3 is 2.92 bits per heavy atom. The molecule has 0 bridgehead atoms. The average molecular weight is 327 g/mol. The zero-order valence-corrected chi connectivity index (χ0v) is 14.3. The molecule has 0 unspecified atom stereocenters. The van der Waals surface area contributed by atoms with Crippen LogP contribution in [0.5, 0.6) is 0 Å². The van der Waals surface area contributed by atoms with Crippen molar-refractivity contribution in [1.29, 1.82) is 0 Å². The molecule has 0 saturated carbocycles. The number of nitrogens with zero attached hydrogens (tertiary/aromatic N) is 2. The molecule has 1 aromatic carbocycles. The first kappa shape index (κ1) is 16.7. The van der Waals surface area contributed by atoms with E-state index in [9.17, 15) is 4.79 Å². The number of hydrogen-bond donors (Lipinski definition) is 1. The van der Waals surface area contributed by atoms with Gasteiger partial charge in [-0.2, -0.15) is 5.10 Å². The van der Waals surface area contributed by atoms with E-state index in [2.05, 4.69) is 22.5 Å². The predicted molar refractivity (Wildman–Crippen MR) is 92.4 cm³/mol. The molecule has 128 valence electrons. The summed E-state index contributed by atoms with van der Waals surface area (Å²) in [6, 6.07) is 10.1. The molecule has 1 aliphatic heterocycles. The van der Waals surface area contributed by atoms with Gasteiger partial charge in [-0.3, -0.25) is 9.48 Å². The lowest BCUT2D eigenvalue weighted by atomic mass is 9.95. The third kappa shape index (κ3) is 4.03. The van der Waals surface area contributed by atoms with Gasteiger partial charge in [0.25, 0.3) is 0 Å². The van der Waals surface area contributed by atoms with Crippen LogP contribution in [0.2, 0.25) is 0 Å². The van der Waals surface area contributed by atoms with Gasteiger partial charge in [0.2, 0.25) is 5.91 Å². The quantitative estimate of drug-likeness (QED) is 0.918. The summed E-state index contributed by atoms with van der Waals surface area (Å²) in [4.78, 5) is 12.6. The van der Waals surface area contributed by atoms with Crippen molar-refractivity contribution in [1.82, 2.24) is 15.1 Å². The van der Waals surface area contributed by atoms with E-state index in [1.165, 1.54) is 5.56 Å². The Hall–Kier alpha value is -2.14. The first-order valence-corrected chi connectivity index (χ1v) is 8.58. The van der Waals surface area contributed by atoms with Crippen molar-refractivity contribution >= 4 is 5.91 Å². The minimum atomic E-state index is -0.111. The lowest BCUT2D eigenvalue weighted by Crippen LogP contribution is -2.45. The number of hydrogen-bond acceptors (Lipinski definition) is 3. The monoisotopic (exact) mass is 327 g/mol. The fraction of sp³-hybridized carbons (Fsp3) is 0.474. The summed E-state index contributed by atoms with van der Waals surface area (Å²) in [5, 5.41) is 7.42. The molecule has 24 heavy (non-hydrogen) atoms. The Morgan fingerprint density at radius 2 is 2.21 bits per heavy atom. The first-order valence-electron chi connectivity index (χ1n) is 8.58. The maximum atomic E-state index is 12.6. The van der Waals surface area contributed by atoms with Gasteiger partial charge in [-0.15, -0.1) is 0 Å². The molecule has 3 atom stereocenters. The van der Waals surface area contributed by atoms with Crippen molar-refractivity contribution < 1.29 is 9.53 Å². The Labute approximate surface area is 143 Å². The summed E-state index contributed by atoms with van der Waals surface area (Å²) >= 11 is 0. The highest BCUT2D eigenvalue weighted by Gasteiger charge is 2.30. The summed E-state index contributed by atoms with van der Waals surface area (Å²) < 4.78 is 7.69. The van der Waals surface area contributed by atoms with Crippen molar-refractivity contribution in [3.8, 4) is 0 Å². The molecule has 5 nitrogen and oxygen atoms in total. The van der Waals surface area contributed by atoms with Crippen LogP contribution in [-0.4, -0.2) is 28.3 Å². The van der Waals surface area contributed by atoms with Crippen LogP contribution in [0.25, 0.3) is 0 Å². The van der Waals surface area contributed by atoms with Crippen LogP contribution in [0.1, 0.15) is 37.0 Å². The van der Waals surface area contributed by atoms with Crippen LogP contribution in [0, 0.1) is 5.92 Å². The van der Waals surface area contributed by atoms with Crippen LogP contribution in [0.4, 0.5) is 0 Å². The molecule has 0 spiro atoms. The van der Waals surface area contributed by atoms with Crippen molar-refractivity contribution in [3.63, 3.8) is 0 Å². The van der Waals surface area contributed by atoms with E-state index in [-0.39, 0.29) is 24.0 Å². The van der Waals surface area contributed by atoms with Crippen LogP contribution >= 0.6 is 0 Å². The molecule has 5 heteroatoms. The van der Waals surface area contributed by atoms with Gasteiger partial charge in [0.15, 0.2) is 0 Å². The minimum absolute atomic E-state index is 0.00803. The van der Waals surface area contributed by atoms with E-state index in [1.54, 1.807) is 4.68 Å². The Morgan fingerprint density at radius 1 is 1.42 bits per heavy atom. The zero-order chi connectivity index (χ0) is 16.9. The van der Waals surface area contributed by atoms with Gasteiger partial charge in [-0.25, -0.2) is 0 Å². The highest BCUT2D eigenvalue weighted by Crippen LogP contribution is 2.28. The normalized spacial score (nSPS) is 22.1. The molecule has 1 fully saturated rings. The zero-order valence-electron chi connectivity index (χ0n) is 14.3. The van der Waals surface area contributed by atoms with E-state index in [0.29, 0.717) is 0 Å². The molecule has 1 saturated heterocycles. The smallest absolute Gasteiger partial charge is 0.223 e. The molecule has 1 N–H and O–H groups in total. The number of nitrogens with one attached hydrogen (secondary N) is 1. The predicted octanol–water partition coefficient (Wildman–Crippen LogP) is 2.64. The maximum Gasteiger partial charge on any atom is 0.223 e. The van der Waals surface area contributed by atoms with Gasteiger partial charge in [0.1, 0.15) is 6.10 Å². The first-order chi connectivity index (χ1) is 11.6. The molecule has 0 aliphatic carbocycles. The second kappa shape index (κ2) is 7.62. The fourth-order valence-electron chi connectivity index (χ4n) is 3.23. The van der Waals surface area contributed by atoms with Gasteiger partial charge >= 0.3 is 0 Å². The second-order valence-electron chi connectivity index (χ2n) is 6.59. The number of amides is 1. The standard InChI is InChI=1S/C19H25N3O2/c1-14(11-15-7-4-3-5-8-15)19(23)21-17-9-6-10-24-18(17)16-12-20-22(2)13-16/h3-5,7-8,12-14,17-18H,6,9-11H2,1-2H3,(H,21,23)/t14-,17+,18-/m1/s1. The lowest BCUT2D eigenvalue weighted by Gasteiger charge is -2.32. The second-order valence-corrected chi connectivity index (χ2v) is 6.59. The maximum absolute atomic E-state index is 12.6. The molecule has 1 aliphatic rings. The number of aryl methyl sites for hydroxylation is 1. The molecule has 1 amide bonds. The number of rotatable bonds is 5. The molecule has 2 heterocycles. The number of ether oxygens (including phenoxy) is 1. The van der Waals surface area contributed by atoms with Crippen molar-refractivity contribution in [2.24, 2.45) is 13.0 Å². The summed E-state index contributed by atoms with van der Waals surface area (Å²) in [5.41, 5.74) is 2.21. The van der Waals surface area contributed by atoms with Crippen molar-refractivity contribution in [3.05, 3.63) is 53.9 Å².